The largest absolute Gasteiger partial charge is 0.269 e. The molecule has 0 radical (unpaired) electrons. The fourth-order valence-corrected chi connectivity index (χ4v) is 0.786. The second kappa shape index (κ2) is 3.97. The minimum atomic E-state index is -0.481. The van der Waals surface area contributed by atoms with Gasteiger partial charge in [-0.1, -0.05) is 0 Å². The number of nitriles is 1. The highest BCUT2D eigenvalue weighted by Crippen LogP contribution is 2.10. The smallest absolute Gasteiger partial charge is 0.258 e. The Morgan fingerprint density at radius 2 is 2.08 bits per heavy atom. The van der Waals surface area contributed by atoms with Gasteiger partial charge in [0, 0.05) is 18.3 Å². The zero-order valence-electron chi connectivity index (χ0n) is 6.54. The van der Waals surface area contributed by atoms with Gasteiger partial charge >= 0.3 is 0 Å². The van der Waals surface area contributed by atoms with Crippen LogP contribution in [-0.4, -0.2) is 11.1 Å². The molecule has 0 bridgehead atoms. The SMILES string of the molecule is N#C/N=C/c1ccc([N+](=O)[O-])cc1. The summed E-state index contributed by atoms with van der Waals surface area (Å²) in [5.41, 5.74) is 0.682. The molecule has 0 aromatic heterocycles. The van der Waals surface area contributed by atoms with Crippen molar-refractivity contribution in [2.45, 2.75) is 0 Å². The first-order valence-corrected chi connectivity index (χ1v) is 3.40. The molecule has 5 heteroatoms. The fourth-order valence-electron chi connectivity index (χ4n) is 0.786. The molecule has 0 atom stereocenters. The zero-order chi connectivity index (χ0) is 9.68. The van der Waals surface area contributed by atoms with E-state index in [2.05, 4.69) is 4.99 Å². The van der Waals surface area contributed by atoms with Crippen molar-refractivity contribution in [2.75, 3.05) is 0 Å². The van der Waals surface area contributed by atoms with Crippen molar-refractivity contribution in [3.05, 3.63) is 39.9 Å². The maximum atomic E-state index is 10.2. The fraction of sp³-hybridized carbons (Fsp3) is 0. The van der Waals surface area contributed by atoms with Gasteiger partial charge in [-0.3, -0.25) is 10.1 Å². The van der Waals surface area contributed by atoms with Crippen LogP contribution in [0.2, 0.25) is 0 Å². The summed E-state index contributed by atoms with van der Waals surface area (Å²) in [4.78, 5) is 13.1. The maximum absolute atomic E-state index is 10.2. The third-order valence-corrected chi connectivity index (χ3v) is 1.38. The summed E-state index contributed by atoms with van der Waals surface area (Å²) >= 11 is 0. The molecule has 0 fully saturated rings. The Morgan fingerprint density at radius 3 is 2.54 bits per heavy atom. The molecule has 13 heavy (non-hydrogen) atoms. The molecule has 1 rings (SSSR count). The van der Waals surface area contributed by atoms with Crippen LogP contribution in [0.15, 0.2) is 29.3 Å². The Bertz CT molecular complexity index is 375. The van der Waals surface area contributed by atoms with Gasteiger partial charge in [0.05, 0.1) is 4.92 Å². The van der Waals surface area contributed by atoms with Crippen molar-refractivity contribution in [1.82, 2.24) is 0 Å². The summed E-state index contributed by atoms with van der Waals surface area (Å²) in [7, 11) is 0. The monoisotopic (exact) mass is 175 g/mol. The molecule has 0 spiro atoms. The van der Waals surface area contributed by atoms with Crippen LogP contribution in [-0.2, 0) is 0 Å². The van der Waals surface area contributed by atoms with E-state index in [4.69, 9.17) is 5.26 Å². The Kier molecular flexibility index (Phi) is 2.71. The highest BCUT2D eigenvalue weighted by molar-refractivity contribution is 5.80. The molecule has 0 unspecified atom stereocenters. The molecule has 0 N–H and O–H groups in total. The number of non-ortho nitro benzene ring substituents is 1. The van der Waals surface area contributed by atoms with E-state index in [0.29, 0.717) is 5.56 Å². The first-order chi connectivity index (χ1) is 6.24. The first kappa shape index (κ1) is 8.87. The highest BCUT2D eigenvalue weighted by Gasteiger charge is 2.01. The van der Waals surface area contributed by atoms with Gasteiger partial charge in [-0.25, -0.2) is 0 Å². The zero-order valence-corrected chi connectivity index (χ0v) is 6.54. The van der Waals surface area contributed by atoms with E-state index < -0.39 is 4.92 Å². The van der Waals surface area contributed by atoms with Crippen LogP contribution in [0, 0.1) is 21.6 Å². The van der Waals surface area contributed by atoms with E-state index in [1.165, 1.54) is 30.5 Å². The van der Waals surface area contributed by atoms with E-state index >= 15 is 0 Å². The minimum absolute atomic E-state index is 0.0223. The van der Waals surface area contributed by atoms with E-state index in [0.717, 1.165) is 0 Å². The lowest BCUT2D eigenvalue weighted by Gasteiger charge is -1.91. The number of nitrogens with zero attached hydrogens (tertiary/aromatic N) is 3. The molecule has 1 aromatic carbocycles. The van der Waals surface area contributed by atoms with Gasteiger partial charge in [-0.2, -0.15) is 10.3 Å². The van der Waals surface area contributed by atoms with E-state index in [-0.39, 0.29) is 5.69 Å². The highest BCUT2D eigenvalue weighted by atomic mass is 16.6. The number of nitro benzene ring substituents is 1. The van der Waals surface area contributed by atoms with Crippen LogP contribution in [0.25, 0.3) is 0 Å². The molecule has 5 nitrogen and oxygen atoms in total. The van der Waals surface area contributed by atoms with Crippen LogP contribution in [0.3, 0.4) is 0 Å². The molecule has 0 heterocycles. The van der Waals surface area contributed by atoms with Gasteiger partial charge in [0.15, 0.2) is 0 Å². The predicted molar refractivity (Wildman–Crippen MR) is 46.3 cm³/mol. The third-order valence-electron chi connectivity index (χ3n) is 1.38. The van der Waals surface area contributed by atoms with Crippen molar-refractivity contribution in [3.63, 3.8) is 0 Å². The lowest BCUT2D eigenvalue weighted by Crippen LogP contribution is -1.88. The third kappa shape index (κ3) is 2.38. The molecule has 1 aromatic rings. The molecule has 0 saturated carbocycles. The van der Waals surface area contributed by atoms with Crippen LogP contribution >= 0.6 is 0 Å². The lowest BCUT2D eigenvalue weighted by atomic mass is 10.2. The number of benzene rings is 1. The van der Waals surface area contributed by atoms with Crippen LogP contribution < -0.4 is 0 Å². The lowest BCUT2D eigenvalue weighted by molar-refractivity contribution is -0.384. The van der Waals surface area contributed by atoms with Crippen molar-refractivity contribution < 1.29 is 4.92 Å². The van der Waals surface area contributed by atoms with E-state index in [9.17, 15) is 10.1 Å². The molecule has 0 amide bonds. The van der Waals surface area contributed by atoms with Crippen LogP contribution in [0.5, 0.6) is 0 Å². The number of nitro groups is 1. The summed E-state index contributed by atoms with van der Waals surface area (Å²) in [5.74, 6) is 0. The molecular weight excluding hydrogens is 170 g/mol. The summed E-state index contributed by atoms with van der Waals surface area (Å²) < 4.78 is 0. The molecule has 0 aliphatic heterocycles. The van der Waals surface area contributed by atoms with Gasteiger partial charge in [-0.15, -0.1) is 0 Å². The summed E-state index contributed by atoms with van der Waals surface area (Å²) in [6.45, 7) is 0. The summed E-state index contributed by atoms with van der Waals surface area (Å²) in [6.07, 6.45) is 2.93. The Balaban J connectivity index is 2.89. The van der Waals surface area contributed by atoms with Gasteiger partial charge in [0.2, 0.25) is 6.19 Å². The minimum Gasteiger partial charge on any atom is -0.258 e. The Hall–Kier alpha value is -2.22. The predicted octanol–water partition coefficient (Wildman–Crippen LogP) is 1.49. The summed E-state index contributed by atoms with van der Waals surface area (Å²) in [5, 5.41) is 18.4. The van der Waals surface area contributed by atoms with Gasteiger partial charge in [0.25, 0.3) is 5.69 Å². The van der Waals surface area contributed by atoms with Gasteiger partial charge in [0.1, 0.15) is 0 Å². The molecule has 0 saturated heterocycles. The van der Waals surface area contributed by atoms with Gasteiger partial charge < -0.3 is 0 Å². The average molecular weight is 175 g/mol. The standard InChI is InChI=1S/C8H5N3O2/c9-6-10-5-7-1-3-8(4-2-7)11(12)13/h1-5H/b10-5+. The Morgan fingerprint density at radius 1 is 1.46 bits per heavy atom. The van der Waals surface area contributed by atoms with Crippen molar-refractivity contribution >= 4 is 11.9 Å². The van der Waals surface area contributed by atoms with Crippen molar-refractivity contribution in [1.29, 1.82) is 5.26 Å². The Labute approximate surface area is 74.1 Å². The maximum Gasteiger partial charge on any atom is 0.269 e. The number of aliphatic imine (C=N–C) groups is 1. The van der Waals surface area contributed by atoms with E-state index in [1.807, 2.05) is 0 Å². The summed E-state index contributed by atoms with van der Waals surface area (Å²) in [6, 6.07) is 5.77. The van der Waals surface area contributed by atoms with Gasteiger partial charge in [-0.05, 0) is 17.7 Å². The quantitative estimate of drug-likeness (QED) is 0.295. The topological polar surface area (TPSA) is 79.3 Å². The molecular formula is C8H5N3O2. The average Bonchev–Trinajstić information content (AvgIpc) is 2.15. The van der Waals surface area contributed by atoms with E-state index in [1.54, 1.807) is 6.19 Å². The first-order valence-electron chi connectivity index (χ1n) is 3.40. The normalized spacial score (nSPS) is 9.77. The second-order valence-corrected chi connectivity index (χ2v) is 2.21. The molecule has 0 aliphatic carbocycles. The number of hydrogen-bond acceptors (Lipinski definition) is 4. The van der Waals surface area contributed by atoms with Crippen molar-refractivity contribution in [2.24, 2.45) is 4.99 Å². The molecule has 0 aliphatic rings. The van der Waals surface area contributed by atoms with Crippen molar-refractivity contribution in [3.8, 4) is 6.19 Å². The van der Waals surface area contributed by atoms with Crippen LogP contribution in [0.1, 0.15) is 5.56 Å². The molecule has 64 valence electrons. The van der Waals surface area contributed by atoms with Crippen LogP contribution in [0.4, 0.5) is 5.69 Å². The number of hydrogen-bond donors (Lipinski definition) is 0. The second-order valence-electron chi connectivity index (χ2n) is 2.21. The number of rotatable bonds is 2.